The van der Waals surface area contributed by atoms with E-state index in [1.165, 1.54) is 0 Å². The summed E-state index contributed by atoms with van der Waals surface area (Å²) >= 11 is 0. The molecule has 0 aliphatic rings. The fourth-order valence-corrected chi connectivity index (χ4v) is 2.48. The Morgan fingerprint density at radius 2 is 1.76 bits per heavy atom. The Morgan fingerprint density at radius 1 is 1.07 bits per heavy atom. The van der Waals surface area contributed by atoms with Crippen molar-refractivity contribution in [3.8, 4) is 5.75 Å². The maximum Gasteiger partial charge on any atom is 0.267 e. The van der Waals surface area contributed by atoms with E-state index in [4.69, 9.17) is 9.84 Å². The average molecular weight is 396 g/mol. The molecule has 6 nitrogen and oxygen atoms in total. The van der Waals surface area contributed by atoms with Crippen molar-refractivity contribution < 1.29 is 19.4 Å². The van der Waals surface area contributed by atoms with Crippen LogP contribution in [0.15, 0.2) is 54.2 Å². The van der Waals surface area contributed by atoms with E-state index in [9.17, 15) is 9.59 Å². The minimum atomic E-state index is -0.465. The summed E-state index contributed by atoms with van der Waals surface area (Å²) in [6, 6.07) is 14.4. The number of rotatable bonds is 10. The summed E-state index contributed by atoms with van der Waals surface area (Å²) in [7, 11) is 0. The minimum Gasteiger partial charge on any atom is -0.494 e. The van der Waals surface area contributed by atoms with Gasteiger partial charge in [-0.25, -0.2) is 0 Å². The average Bonchev–Trinajstić information content (AvgIpc) is 2.73. The van der Waals surface area contributed by atoms with Crippen molar-refractivity contribution in [2.45, 2.75) is 26.7 Å². The Balaban J connectivity index is 2.13. The maximum atomic E-state index is 12.6. The van der Waals surface area contributed by atoms with E-state index in [-0.39, 0.29) is 18.8 Å². The molecule has 3 N–H and O–H groups in total. The number of benzene rings is 2. The first kappa shape index (κ1) is 22.2. The Kier molecular flexibility index (Phi) is 8.92. The summed E-state index contributed by atoms with van der Waals surface area (Å²) in [5.41, 5.74) is 2.40. The number of carbonyl (C=O) groups excluding carboxylic acids is 2. The number of aryl methyl sites for hydroxylation is 1. The smallest absolute Gasteiger partial charge is 0.267 e. The molecule has 29 heavy (non-hydrogen) atoms. The molecule has 0 fully saturated rings. The summed E-state index contributed by atoms with van der Waals surface area (Å²) in [5.74, 6) is -0.166. The Hall–Kier alpha value is -3.12. The van der Waals surface area contributed by atoms with Crippen molar-refractivity contribution in [3.63, 3.8) is 0 Å². The number of amides is 2. The van der Waals surface area contributed by atoms with E-state index in [2.05, 4.69) is 17.6 Å². The highest BCUT2D eigenvalue weighted by Crippen LogP contribution is 2.14. The second-order valence-electron chi connectivity index (χ2n) is 6.63. The molecule has 0 heterocycles. The van der Waals surface area contributed by atoms with Gasteiger partial charge >= 0.3 is 0 Å². The van der Waals surface area contributed by atoms with Crippen LogP contribution in [0.3, 0.4) is 0 Å². The van der Waals surface area contributed by atoms with Crippen molar-refractivity contribution in [2.24, 2.45) is 0 Å². The highest BCUT2D eigenvalue weighted by Gasteiger charge is 2.14. The van der Waals surface area contributed by atoms with Gasteiger partial charge in [0.2, 0.25) is 0 Å². The van der Waals surface area contributed by atoms with Gasteiger partial charge in [-0.3, -0.25) is 9.59 Å². The molecular weight excluding hydrogens is 368 g/mol. The lowest BCUT2D eigenvalue weighted by atomic mass is 10.1. The van der Waals surface area contributed by atoms with Crippen molar-refractivity contribution in [3.05, 3.63) is 70.9 Å². The van der Waals surface area contributed by atoms with Crippen molar-refractivity contribution in [1.82, 2.24) is 10.6 Å². The molecule has 2 rings (SSSR count). The van der Waals surface area contributed by atoms with Gasteiger partial charge in [-0.15, -0.1) is 0 Å². The Labute approximate surface area is 171 Å². The van der Waals surface area contributed by atoms with Gasteiger partial charge in [0.1, 0.15) is 11.4 Å². The normalized spacial score (nSPS) is 11.1. The van der Waals surface area contributed by atoms with Crippen LogP contribution in [0.25, 0.3) is 6.08 Å². The largest absolute Gasteiger partial charge is 0.494 e. The van der Waals surface area contributed by atoms with Crippen LogP contribution >= 0.6 is 0 Å². The first-order valence-electron chi connectivity index (χ1n) is 9.75. The van der Waals surface area contributed by atoms with Gasteiger partial charge in [0.15, 0.2) is 0 Å². The lowest BCUT2D eigenvalue weighted by Gasteiger charge is -2.11. The van der Waals surface area contributed by atoms with Gasteiger partial charge in [-0.2, -0.15) is 0 Å². The van der Waals surface area contributed by atoms with Gasteiger partial charge in [-0.1, -0.05) is 43.2 Å². The molecule has 0 saturated heterocycles. The fraction of sp³-hybridized carbons (Fsp3) is 0.304. The van der Waals surface area contributed by atoms with Gasteiger partial charge < -0.3 is 20.5 Å². The summed E-state index contributed by atoms with van der Waals surface area (Å²) < 4.78 is 5.60. The monoisotopic (exact) mass is 396 g/mol. The Bertz CT molecular complexity index is 827. The number of unbranched alkanes of at least 4 members (excludes halogenated alkanes) is 1. The molecular formula is C23H28N2O4. The van der Waals surface area contributed by atoms with Crippen LogP contribution in [0.1, 0.15) is 41.3 Å². The van der Waals surface area contributed by atoms with E-state index in [1.54, 1.807) is 30.3 Å². The highest BCUT2D eigenvalue weighted by molar-refractivity contribution is 6.05. The van der Waals surface area contributed by atoms with Crippen LogP contribution in [0, 0.1) is 6.92 Å². The lowest BCUT2D eigenvalue weighted by Crippen LogP contribution is -2.36. The minimum absolute atomic E-state index is 0.101. The topological polar surface area (TPSA) is 87.7 Å². The van der Waals surface area contributed by atoms with E-state index in [0.29, 0.717) is 17.9 Å². The van der Waals surface area contributed by atoms with Gasteiger partial charge in [0.25, 0.3) is 11.8 Å². The van der Waals surface area contributed by atoms with Crippen LogP contribution in [-0.4, -0.2) is 36.7 Å². The first-order chi connectivity index (χ1) is 14.0. The van der Waals surface area contributed by atoms with Crippen molar-refractivity contribution in [1.29, 1.82) is 0 Å². The third kappa shape index (κ3) is 7.43. The second kappa shape index (κ2) is 11.7. The molecule has 0 atom stereocenters. The number of carbonyl (C=O) groups is 2. The number of nitrogens with one attached hydrogen (secondary N) is 2. The van der Waals surface area contributed by atoms with E-state index >= 15 is 0 Å². The van der Waals surface area contributed by atoms with E-state index < -0.39 is 11.8 Å². The van der Waals surface area contributed by atoms with E-state index in [0.717, 1.165) is 24.0 Å². The molecule has 2 aromatic carbocycles. The third-order valence-electron chi connectivity index (χ3n) is 4.16. The molecule has 0 saturated carbocycles. The maximum absolute atomic E-state index is 12.6. The predicted molar refractivity (Wildman–Crippen MR) is 114 cm³/mol. The number of aliphatic hydroxyl groups is 1. The van der Waals surface area contributed by atoms with E-state index in [1.807, 2.05) is 31.2 Å². The zero-order chi connectivity index (χ0) is 21.1. The summed E-state index contributed by atoms with van der Waals surface area (Å²) in [6.07, 6.45) is 3.62. The van der Waals surface area contributed by atoms with Crippen LogP contribution in [0.4, 0.5) is 0 Å². The molecule has 0 aromatic heterocycles. The van der Waals surface area contributed by atoms with Crippen molar-refractivity contribution in [2.75, 3.05) is 19.8 Å². The van der Waals surface area contributed by atoms with Crippen LogP contribution in [0.5, 0.6) is 5.75 Å². The molecule has 154 valence electrons. The summed E-state index contributed by atoms with van der Waals surface area (Å²) in [6.45, 7) is 4.62. The molecule has 0 radical (unpaired) electrons. The summed E-state index contributed by atoms with van der Waals surface area (Å²) in [5, 5.41) is 14.2. The van der Waals surface area contributed by atoms with Gasteiger partial charge in [0, 0.05) is 12.1 Å². The first-order valence-corrected chi connectivity index (χ1v) is 9.75. The Morgan fingerprint density at radius 3 is 2.38 bits per heavy atom. The molecule has 0 unspecified atom stereocenters. The number of aliphatic hydroxyl groups excluding tert-OH is 1. The van der Waals surface area contributed by atoms with Crippen LogP contribution in [0.2, 0.25) is 0 Å². The molecule has 0 bridgehead atoms. The van der Waals surface area contributed by atoms with Crippen molar-refractivity contribution >= 4 is 17.9 Å². The fourth-order valence-electron chi connectivity index (χ4n) is 2.48. The van der Waals surface area contributed by atoms with Gasteiger partial charge in [-0.05, 0) is 49.2 Å². The zero-order valence-electron chi connectivity index (χ0n) is 16.9. The predicted octanol–water partition coefficient (Wildman–Crippen LogP) is 3.05. The molecule has 2 aromatic rings. The summed E-state index contributed by atoms with van der Waals surface area (Å²) in [4.78, 5) is 25.0. The molecule has 0 aliphatic heterocycles. The van der Waals surface area contributed by atoms with Crippen LogP contribution in [-0.2, 0) is 4.79 Å². The molecule has 0 aliphatic carbocycles. The molecule has 6 heteroatoms. The zero-order valence-corrected chi connectivity index (χ0v) is 16.9. The van der Waals surface area contributed by atoms with Gasteiger partial charge in [0.05, 0.1) is 13.2 Å². The molecule has 0 spiro atoms. The lowest BCUT2D eigenvalue weighted by molar-refractivity contribution is -0.117. The number of hydrogen-bond donors (Lipinski definition) is 3. The second-order valence-corrected chi connectivity index (χ2v) is 6.63. The highest BCUT2D eigenvalue weighted by atomic mass is 16.5. The van der Waals surface area contributed by atoms with Crippen LogP contribution < -0.4 is 15.4 Å². The standard InChI is InChI=1S/C23H28N2O4/c1-3-4-15-29-20-11-9-19(10-12-20)22(27)25-21(23(28)24-13-14-26)16-18-7-5-17(2)6-8-18/h5-12,16,26H,3-4,13-15H2,1-2H3,(H,24,28)(H,25,27)/b21-16-. The SMILES string of the molecule is CCCCOc1ccc(C(=O)N/C(=C\c2ccc(C)cc2)C(=O)NCCO)cc1. The number of hydrogen-bond acceptors (Lipinski definition) is 4. The quantitative estimate of drug-likeness (QED) is 0.425. The third-order valence-corrected chi connectivity index (χ3v) is 4.16. The molecule has 2 amide bonds. The number of ether oxygens (including phenoxy) is 1.